The van der Waals surface area contributed by atoms with Gasteiger partial charge in [-0.05, 0) is 31.2 Å². The molecule has 4 nitrogen and oxygen atoms in total. The van der Waals surface area contributed by atoms with E-state index in [-0.39, 0.29) is 0 Å². The van der Waals surface area contributed by atoms with Crippen LogP contribution in [0.4, 0.5) is 0 Å². The minimum atomic E-state index is 0.413. The highest BCUT2D eigenvalue weighted by Crippen LogP contribution is 2.12. The van der Waals surface area contributed by atoms with E-state index >= 15 is 0 Å². The molecular weight excluding hydrogens is 250 g/mol. The Labute approximate surface area is 117 Å². The predicted molar refractivity (Wildman–Crippen MR) is 76.9 cm³/mol. The minimum absolute atomic E-state index is 0.413. The summed E-state index contributed by atoms with van der Waals surface area (Å²) >= 11 is 0. The fourth-order valence-corrected chi connectivity index (χ4v) is 1.86. The van der Waals surface area contributed by atoms with Gasteiger partial charge in [-0.25, -0.2) is 4.68 Å². The first-order valence-corrected chi connectivity index (χ1v) is 6.47. The zero-order valence-electron chi connectivity index (χ0n) is 11.2. The molecule has 0 unspecified atom stereocenters. The van der Waals surface area contributed by atoms with E-state index in [1.165, 1.54) is 5.56 Å². The van der Waals surface area contributed by atoms with Gasteiger partial charge in [-0.15, -0.1) is 5.10 Å². The van der Waals surface area contributed by atoms with Gasteiger partial charge in [-0.3, -0.25) is 0 Å². The molecule has 0 bridgehead atoms. The maximum absolute atomic E-state index is 5.64. The van der Waals surface area contributed by atoms with Crippen molar-refractivity contribution in [1.82, 2.24) is 15.0 Å². The van der Waals surface area contributed by atoms with Gasteiger partial charge in [0, 0.05) is 0 Å². The SMILES string of the molecule is Cc1ccc(-n2cc(COc3ccccc3)nn2)cc1. The van der Waals surface area contributed by atoms with Gasteiger partial charge in [0.1, 0.15) is 18.1 Å². The van der Waals surface area contributed by atoms with E-state index < -0.39 is 0 Å². The number of para-hydroxylation sites is 1. The van der Waals surface area contributed by atoms with E-state index in [1.54, 1.807) is 4.68 Å². The monoisotopic (exact) mass is 265 g/mol. The Morgan fingerprint density at radius 2 is 1.75 bits per heavy atom. The van der Waals surface area contributed by atoms with Crippen molar-refractivity contribution in [2.75, 3.05) is 0 Å². The van der Waals surface area contributed by atoms with Crippen LogP contribution in [0.1, 0.15) is 11.3 Å². The topological polar surface area (TPSA) is 39.9 Å². The van der Waals surface area contributed by atoms with Crippen molar-refractivity contribution in [3.8, 4) is 11.4 Å². The summed E-state index contributed by atoms with van der Waals surface area (Å²) in [5.41, 5.74) is 3.02. The van der Waals surface area contributed by atoms with Gasteiger partial charge in [0.2, 0.25) is 0 Å². The van der Waals surface area contributed by atoms with Gasteiger partial charge in [0.25, 0.3) is 0 Å². The third-order valence-corrected chi connectivity index (χ3v) is 2.97. The van der Waals surface area contributed by atoms with Crippen molar-refractivity contribution in [3.63, 3.8) is 0 Å². The summed E-state index contributed by atoms with van der Waals surface area (Å²) < 4.78 is 7.40. The second-order valence-corrected chi connectivity index (χ2v) is 4.59. The molecule has 0 aliphatic rings. The standard InChI is InChI=1S/C16H15N3O/c1-13-7-9-15(10-8-13)19-11-14(17-18-19)12-20-16-5-3-2-4-6-16/h2-11H,12H2,1H3. The molecular formula is C16H15N3O. The van der Waals surface area contributed by atoms with Crippen LogP contribution in [0.5, 0.6) is 5.75 Å². The molecule has 3 rings (SSSR count). The van der Waals surface area contributed by atoms with Crippen LogP contribution in [-0.2, 0) is 6.61 Å². The average molecular weight is 265 g/mol. The van der Waals surface area contributed by atoms with Crippen LogP contribution in [0.2, 0.25) is 0 Å². The predicted octanol–water partition coefficient (Wildman–Crippen LogP) is 3.15. The fourth-order valence-electron chi connectivity index (χ4n) is 1.86. The lowest BCUT2D eigenvalue weighted by molar-refractivity contribution is 0.301. The third kappa shape index (κ3) is 2.85. The summed E-state index contributed by atoms with van der Waals surface area (Å²) in [7, 11) is 0. The summed E-state index contributed by atoms with van der Waals surface area (Å²) in [6, 6.07) is 17.8. The summed E-state index contributed by atoms with van der Waals surface area (Å²) in [5, 5.41) is 8.23. The van der Waals surface area contributed by atoms with Crippen LogP contribution in [0.15, 0.2) is 60.8 Å². The lowest BCUT2D eigenvalue weighted by Gasteiger charge is -2.02. The molecule has 0 spiro atoms. The van der Waals surface area contributed by atoms with Gasteiger partial charge in [-0.2, -0.15) is 0 Å². The van der Waals surface area contributed by atoms with Crippen molar-refractivity contribution < 1.29 is 4.74 Å². The molecule has 3 aromatic rings. The van der Waals surface area contributed by atoms with E-state index in [2.05, 4.69) is 29.4 Å². The molecule has 0 radical (unpaired) electrons. The van der Waals surface area contributed by atoms with Crippen LogP contribution >= 0.6 is 0 Å². The number of nitrogens with zero attached hydrogens (tertiary/aromatic N) is 3. The molecule has 0 N–H and O–H groups in total. The number of ether oxygens (including phenoxy) is 1. The van der Waals surface area contributed by atoms with Crippen molar-refractivity contribution in [3.05, 3.63) is 72.1 Å². The smallest absolute Gasteiger partial charge is 0.134 e. The summed E-state index contributed by atoms with van der Waals surface area (Å²) in [6.07, 6.45) is 1.88. The van der Waals surface area contributed by atoms with Crippen LogP contribution in [0.3, 0.4) is 0 Å². The first-order valence-electron chi connectivity index (χ1n) is 6.47. The second-order valence-electron chi connectivity index (χ2n) is 4.59. The van der Waals surface area contributed by atoms with Crippen LogP contribution in [0, 0.1) is 6.92 Å². The van der Waals surface area contributed by atoms with E-state index in [0.29, 0.717) is 6.61 Å². The van der Waals surface area contributed by atoms with Crippen molar-refractivity contribution in [1.29, 1.82) is 0 Å². The van der Waals surface area contributed by atoms with Crippen molar-refractivity contribution in [2.24, 2.45) is 0 Å². The first-order chi connectivity index (χ1) is 9.81. The van der Waals surface area contributed by atoms with Crippen LogP contribution in [0.25, 0.3) is 5.69 Å². The Hall–Kier alpha value is -2.62. The Balaban J connectivity index is 1.69. The molecule has 0 atom stereocenters. The molecule has 100 valence electrons. The molecule has 0 aliphatic carbocycles. The Morgan fingerprint density at radius 3 is 2.50 bits per heavy atom. The molecule has 20 heavy (non-hydrogen) atoms. The van der Waals surface area contributed by atoms with Gasteiger partial charge < -0.3 is 4.74 Å². The normalized spacial score (nSPS) is 10.4. The Bertz CT molecular complexity index is 674. The molecule has 0 aliphatic heterocycles. The summed E-state index contributed by atoms with van der Waals surface area (Å²) in [5.74, 6) is 0.831. The van der Waals surface area contributed by atoms with Gasteiger partial charge >= 0.3 is 0 Å². The largest absolute Gasteiger partial charge is 0.487 e. The Kier molecular flexibility index (Phi) is 3.46. The average Bonchev–Trinajstić information content (AvgIpc) is 2.96. The highest BCUT2D eigenvalue weighted by atomic mass is 16.5. The van der Waals surface area contributed by atoms with Gasteiger partial charge in [-0.1, -0.05) is 41.1 Å². The zero-order valence-corrected chi connectivity index (χ0v) is 11.2. The summed E-state index contributed by atoms with van der Waals surface area (Å²) in [6.45, 7) is 2.47. The second kappa shape index (κ2) is 5.57. The highest BCUT2D eigenvalue weighted by Gasteiger charge is 2.03. The van der Waals surface area contributed by atoms with Crippen molar-refractivity contribution >= 4 is 0 Å². The maximum atomic E-state index is 5.64. The van der Waals surface area contributed by atoms with Gasteiger partial charge in [0.15, 0.2) is 0 Å². The molecule has 0 amide bonds. The molecule has 1 heterocycles. The van der Waals surface area contributed by atoms with E-state index in [0.717, 1.165) is 17.1 Å². The maximum Gasteiger partial charge on any atom is 0.134 e. The Morgan fingerprint density at radius 1 is 1.00 bits per heavy atom. The molecule has 4 heteroatoms. The van der Waals surface area contributed by atoms with E-state index in [4.69, 9.17) is 4.74 Å². The molecule has 2 aromatic carbocycles. The zero-order chi connectivity index (χ0) is 13.8. The van der Waals surface area contributed by atoms with Crippen molar-refractivity contribution in [2.45, 2.75) is 13.5 Å². The molecule has 0 saturated carbocycles. The lowest BCUT2D eigenvalue weighted by atomic mass is 10.2. The third-order valence-electron chi connectivity index (χ3n) is 2.97. The molecule has 0 saturated heterocycles. The lowest BCUT2D eigenvalue weighted by Crippen LogP contribution is -1.95. The van der Waals surface area contributed by atoms with Crippen LogP contribution in [-0.4, -0.2) is 15.0 Å². The number of rotatable bonds is 4. The summed E-state index contributed by atoms with van der Waals surface area (Å²) in [4.78, 5) is 0. The molecule has 1 aromatic heterocycles. The fraction of sp³-hybridized carbons (Fsp3) is 0.125. The number of hydrogen-bond donors (Lipinski definition) is 0. The quantitative estimate of drug-likeness (QED) is 0.727. The number of benzene rings is 2. The number of aryl methyl sites for hydroxylation is 1. The van der Waals surface area contributed by atoms with E-state index in [9.17, 15) is 0 Å². The minimum Gasteiger partial charge on any atom is -0.487 e. The highest BCUT2D eigenvalue weighted by molar-refractivity contribution is 5.33. The van der Waals surface area contributed by atoms with Gasteiger partial charge in [0.05, 0.1) is 11.9 Å². The first kappa shape index (κ1) is 12.4. The molecule has 0 fully saturated rings. The van der Waals surface area contributed by atoms with Crippen LogP contribution < -0.4 is 4.74 Å². The number of hydrogen-bond acceptors (Lipinski definition) is 3. The van der Waals surface area contributed by atoms with E-state index in [1.807, 2.05) is 48.7 Å². The number of aromatic nitrogens is 3.